The molecule has 1 saturated heterocycles. The Labute approximate surface area is 118 Å². The third kappa shape index (κ3) is 1.61. The predicted octanol–water partition coefficient (Wildman–Crippen LogP) is 1.61. The fraction of sp³-hybridized carbons (Fsp3) is 0.562. The van der Waals surface area contributed by atoms with Gasteiger partial charge in [-0.25, -0.2) is 0 Å². The molecule has 106 valence electrons. The number of aryl methyl sites for hydroxylation is 1. The summed E-state index contributed by atoms with van der Waals surface area (Å²) in [6, 6.07) is 7.88. The molecule has 1 heterocycles. The molecule has 4 fully saturated rings. The van der Waals surface area contributed by atoms with Crippen LogP contribution in [-0.4, -0.2) is 34.5 Å². The molecule has 3 saturated carbocycles. The Morgan fingerprint density at radius 3 is 2.50 bits per heavy atom. The lowest BCUT2D eigenvalue weighted by Gasteiger charge is -2.71. The highest BCUT2D eigenvalue weighted by Gasteiger charge is 2.70. The van der Waals surface area contributed by atoms with Crippen LogP contribution in [0.3, 0.4) is 0 Å². The van der Waals surface area contributed by atoms with Gasteiger partial charge in [0.15, 0.2) is 6.10 Å². The third-order valence-electron chi connectivity index (χ3n) is 5.07. The highest BCUT2D eigenvalue weighted by Crippen LogP contribution is 2.62. The van der Waals surface area contributed by atoms with E-state index in [4.69, 9.17) is 10.5 Å². The van der Waals surface area contributed by atoms with Crippen molar-refractivity contribution in [1.82, 2.24) is 4.90 Å². The van der Waals surface area contributed by atoms with Gasteiger partial charge in [0.25, 0.3) is 5.91 Å². The SMILES string of the molecule is Cc1ccc(OC2CCN(C34CC(N)(C3)C4)C2=O)cc1. The van der Waals surface area contributed by atoms with Crippen LogP contribution < -0.4 is 10.5 Å². The van der Waals surface area contributed by atoms with E-state index in [9.17, 15) is 4.79 Å². The number of amides is 1. The molecule has 1 aromatic rings. The number of ether oxygens (including phenoxy) is 1. The van der Waals surface area contributed by atoms with Crippen LogP contribution in [0.25, 0.3) is 0 Å². The van der Waals surface area contributed by atoms with Gasteiger partial charge >= 0.3 is 0 Å². The van der Waals surface area contributed by atoms with E-state index in [1.165, 1.54) is 5.56 Å². The van der Waals surface area contributed by atoms with Gasteiger partial charge in [0, 0.05) is 24.0 Å². The third-order valence-corrected chi connectivity index (χ3v) is 5.07. The van der Waals surface area contributed by atoms with Crippen LogP contribution in [0.15, 0.2) is 24.3 Å². The summed E-state index contributed by atoms with van der Waals surface area (Å²) >= 11 is 0. The molecule has 5 rings (SSSR count). The van der Waals surface area contributed by atoms with Gasteiger partial charge < -0.3 is 15.4 Å². The van der Waals surface area contributed by atoms with Gasteiger partial charge in [-0.05, 0) is 38.3 Å². The summed E-state index contributed by atoms with van der Waals surface area (Å²) in [7, 11) is 0. The molecule has 4 nitrogen and oxygen atoms in total. The van der Waals surface area contributed by atoms with Gasteiger partial charge in [-0.2, -0.15) is 0 Å². The van der Waals surface area contributed by atoms with Crippen molar-refractivity contribution in [2.75, 3.05) is 6.54 Å². The number of hydrogen-bond acceptors (Lipinski definition) is 3. The van der Waals surface area contributed by atoms with Crippen molar-refractivity contribution in [3.8, 4) is 5.75 Å². The van der Waals surface area contributed by atoms with Crippen molar-refractivity contribution < 1.29 is 9.53 Å². The van der Waals surface area contributed by atoms with Crippen LogP contribution in [0.5, 0.6) is 5.75 Å². The summed E-state index contributed by atoms with van der Waals surface area (Å²) in [5.41, 5.74) is 7.40. The average Bonchev–Trinajstić information content (AvgIpc) is 2.69. The summed E-state index contributed by atoms with van der Waals surface area (Å²) in [4.78, 5) is 14.5. The van der Waals surface area contributed by atoms with Crippen molar-refractivity contribution in [1.29, 1.82) is 0 Å². The van der Waals surface area contributed by atoms with Crippen LogP contribution in [0, 0.1) is 6.92 Å². The van der Waals surface area contributed by atoms with E-state index in [2.05, 4.69) is 0 Å². The molecule has 4 aliphatic rings. The van der Waals surface area contributed by atoms with E-state index in [-0.39, 0.29) is 23.1 Å². The quantitative estimate of drug-likeness (QED) is 0.909. The first-order valence-electron chi connectivity index (χ1n) is 7.34. The maximum Gasteiger partial charge on any atom is 0.264 e. The van der Waals surface area contributed by atoms with Crippen LogP contribution in [0.1, 0.15) is 31.2 Å². The van der Waals surface area contributed by atoms with E-state index < -0.39 is 0 Å². The Balaban J connectivity index is 1.44. The molecule has 0 radical (unpaired) electrons. The highest BCUT2D eigenvalue weighted by atomic mass is 16.5. The zero-order valence-electron chi connectivity index (χ0n) is 11.8. The van der Waals surface area contributed by atoms with E-state index in [0.29, 0.717) is 0 Å². The number of nitrogens with two attached hydrogens (primary N) is 1. The number of nitrogens with zero attached hydrogens (tertiary/aromatic N) is 1. The Morgan fingerprint density at radius 1 is 1.25 bits per heavy atom. The Kier molecular flexibility index (Phi) is 2.29. The predicted molar refractivity (Wildman–Crippen MR) is 75.4 cm³/mol. The topological polar surface area (TPSA) is 55.6 Å². The number of benzene rings is 1. The molecule has 4 heteroatoms. The standard InChI is InChI=1S/C16H20N2O2/c1-11-2-4-12(5-3-11)20-13-6-7-18(14(13)19)16-8-15(17,9-16)10-16/h2-5,13H,6-10,17H2,1H3. The minimum absolute atomic E-state index is 0.0379. The largest absolute Gasteiger partial charge is 0.481 e. The van der Waals surface area contributed by atoms with Crippen molar-refractivity contribution in [3.63, 3.8) is 0 Å². The monoisotopic (exact) mass is 272 g/mol. The molecule has 1 atom stereocenters. The second-order valence-corrected chi connectivity index (χ2v) is 6.82. The Bertz CT molecular complexity index is 547. The zero-order valence-corrected chi connectivity index (χ0v) is 11.8. The number of likely N-dealkylation sites (tertiary alicyclic amines) is 1. The molecule has 20 heavy (non-hydrogen) atoms. The van der Waals surface area contributed by atoms with Crippen molar-refractivity contribution in [3.05, 3.63) is 29.8 Å². The van der Waals surface area contributed by atoms with Crippen LogP contribution >= 0.6 is 0 Å². The molecule has 2 N–H and O–H groups in total. The van der Waals surface area contributed by atoms with Crippen LogP contribution in [0.4, 0.5) is 0 Å². The van der Waals surface area contributed by atoms with Crippen LogP contribution in [-0.2, 0) is 4.79 Å². The summed E-state index contributed by atoms with van der Waals surface area (Å²) in [5.74, 6) is 0.927. The fourth-order valence-electron chi connectivity index (χ4n) is 4.11. The molecule has 1 amide bonds. The Hall–Kier alpha value is -1.55. The molecular weight excluding hydrogens is 252 g/mol. The lowest BCUT2D eigenvalue weighted by Crippen LogP contribution is -2.82. The average molecular weight is 272 g/mol. The van der Waals surface area contributed by atoms with Gasteiger partial charge in [-0.1, -0.05) is 17.7 Å². The number of carbonyl (C=O) groups is 1. The molecule has 1 aliphatic heterocycles. The first-order valence-corrected chi connectivity index (χ1v) is 7.34. The van der Waals surface area contributed by atoms with Crippen LogP contribution in [0.2, 0.25) is 0 Å². The maximum absolute atomic E-state index is 12.5. The number of carbonyl (C=O) groups excluding carboxylic acids is 1. The van der Waals surface area contributed by atoms with Crippen molar-refractivity contribution >= 4 is 5.91 Å². The zero-order chi connectivity index (χ0) is 14.0. The van der Waals surface area contributed by atoms with Gasteiger partial charge in [0.1, 0.15) is 5.75 Å². The van der Waals surface area contributed by atoms with Gasteiger partial charge in [-0.15, -0.1) is 0 Å². The minimum atomic E-state index is -0.319. The normalized spacial score (nSPS) is 38.4. The molecule has 0 aromatic heterocycles. The molecular formula is C16H20N2O2. The maximum atomic E-state index is 12.5. The lowest BCUT2D eigenvalue weighted by molar-refractivity contribution is -0.176. The van der Waals surface area contributed by atoms with Gasteiger partial charge in [-0.3, -0.25) is 4.79 Å². The number of hydrogen-bond donors (Lipinski definition) is 1. The Morgan fingerprint density at radius 2 is 1.90 bits per heavy atom. The van der Waals surface area contributed by atoms with Crippen molar-refractivity contribution in [2.24, 2.45) is 5.73 Å². The van der Waals surface area contributed by atoms with E-state index in [0.717, 1.165) is 38.0 Å². The lowest BCUT2D eigenvalue weighted by atomic mass is 9.44. The smallest absolute Gasteiger partial charge is 0.264 e. The van der Waals surface area contributed by atoms with E-state index in [1.54, 1.807) is 0 Å². The first kappa shape index (κ1) is 12.2. The fourth-order valence-corrected chi connectivity index (χ4v) is 4.11. The van der Waals surface area contributed by atoms with Gasteiger partial charge in [0.2, 0.25) is 0 Å². The molecule has 3 aliphatic carbocycles. The van der Waals surface area contributed by atoms with E-state index in [1.807, 2.05) is 36.1 Å². The highest BCUT2D eigenvalue weighted by molar-refractivity contribution is 5.85. The van der Waals surface area contributed by atoms with Crippen molar-refractivity contribution in [2.45, 2.75) is 49.8 Å². The summed E-state index contributed by atoms with van der Waals surface area (Å²) < 4.78 is 5.86. The second-order valence-electron chi connectivity index (χ2n) is 6.82. The summed E-state index contributed by atoms with van der Waals surface area (Å²) in [6.45, 7) is 2.85. The summed E-state index contributed by atoms with van der Waals surface area (Å²) in [6.07, 6.45) is 3.39. The van der Waals surface area contributed by atoms with E-state index >= 15 is 0 Å². The second kappa shape index (κ2) is 3.76. The molecule has 0 spiro atoms. The minimum Gasteiger partial charge on any atom is -0.481 e. The molecule has 1 aromatic carbocycles. The van der Waals surface area contributed by atoms with Gasteiger partial charge in [0.05, 0.1) is 0 Å². The number of rotatable bonds is 3. The first-order chi connectivity index (χ1) is 9.50. The molecule has 1 unspecified atom stereocenters. The summed E-state index contributed by atoms with van der Waals surface area (Å²) in [5, 5.41) is 0. The molecule has 2 bridgehead atoms.